The van der Waals surface area contributed by atoms with Gasteiger partial charge >= 0.3 is 0 Å². The zero-order chi connectivity index (χ0) is 13.2. The second-order valence-corrected chi connectivity index (χ2v) is 5.49. The summed E-state index contributed by atoms with van der Waals surface area (Å²) in [6.45, 7) is 3.42. The van der Waals surface area contributed by atoms with Crippen molar-refractivity contribution in [2.24, 2.45) is 0 Å². The van der Waals surface area contributed by atoms with Crippen molar-refractivity contribution in [3.63, 3.8) is 0 Å². The Hall–Kier alpha value is -1.12. The van der Waals surface area contributed by atoms with Crippen molar-refractivity contribution in [1.82, 2.24) is 0 Å². The highest BCUT2D eigenvalue weighted by atomic mass is 79.9. The number of nitriles is 1. The van der Waals surface area contributed by atoms with E-state index < -0.39 is 5.82 Å². The molecule has 0 unspecified atom stereocenters. The smallest absolute Gasteiger partial charge is 0.161 e. The molecule has 0 radical (unpaired) electrons. The van der Waals surface area contributed by atoms with Gasteiger partial charge in [-0.05, 0) is 47.8 Å². The van der Waals surface area contributed by atoms with Gasteiger partial charge in [0.1, 0.15) is 6.07 Å². The van der Waals surface area contributed by atoms with Gasteiger partial charge in [-0.1, -0.05) is 0 Å². The maximum Gasteiger partial charge on any atom is 0.161 e. The first-order chi connectivity index (χ1) is 8.56. The Balaban J connectivity index is 2.24. The Bertz CT molecular complexity index is 492. The minimum absolute atomic E-state index is 0.160. The lowest BCUT2D eigenvalue weighted by Gasteiger charge is -2.35. The summed E-state index contributed by atoms with van der Waals surface area (Å²) in [6.07, 6.45) is 1.67. The summed E-state index contributed by atoms with van der Waals surface area (Å²) >= 11 is 3.11. The van der Waals surface area contributed by atoms with Crippen LogP contribution in [0.15, 0.2) is 16.6 Å². The molecule has 0 aromatic heterocycles. The predicted molar refractivity (Wildman–Crippen MR) is 70.9 cm³/mol. The van der Waals surface area contributed by atoms with Gasteiger partial charge in [0.15, 0.2) is 5.82 Å². The third-order valence-corrected chi connectivity index (χ3v) is 4.01. The summed E-state index contributed by atoms with van der Waals surface area (Å²) < 4.78 is 19.6. The van der Waals surface area contributed by atoms with E-state index in [9.17, 15) is 4.39 Å². The number of anilines is 1. The molecule has 1 saturated heterocycles. The number of nitrogens with one attached hydrogen (secondary N) is 1. The van der Waals surface area contributed by atoms with Crippen LogP contribution in [0.3, 0.4) is 0 Å². The Kier molecular flexibility index (Phi) is 3.88. The molecule has 1 aromatic rings. The van der Waals surface area contributed by atoms with E-state index in [1.807, 2.05) is 6.07 Å². The van der Waals surface area contributed by atoms with Gasteiger partial charge in [0, 0.05) is 18.8 Å². The standard InChI is InChI=1S/C13H14BrFN2O/c1-13(4-6-18-7-5-13)17-10-3-2-9(8-16)11(14)12(10)15/h2-3,17H,4-7H2,1H3. The summed E-state index contributed by atoms with van der Waals surface area (Å²) in [5, 5.41) is 12.0. The minimum Gasteiger partial charge on any atom is -0.381 e. The topological polar surface area (TPSA) is 45.0 Å². The van der Waals surface area contributed by atoms with Crippen molar-refractivity contribution in [3.8, 4) is 6.07 Å². The normalized spacial score (nSPS) is 18.1. The summed E-state index contributed by atoms with van der Waals surface area (Å²) in [6, 6.07) is 5.16. The van der Waals surface area contributed by atoms with E-state index in [4.69, 9.17) is 10.00 Å². The lowest BCUT2D eigenvalue weighted by Crippen LogP contribution is -2.40. The number of ether oxygens (including phenoxy) is 1. The fraction of sp³-hybridized carbons (Fsp3) is 0.462. The predicted octanol–water partition coefficient (Wildman–Crippen LogP) is 3.44. The van der Waals surface area contributed by atoms with E-state index in [1.54, 1.807) is 12.1 Å². The van der Waals surface area contributed by atoms with Crippen LogP contribution in [0.25, 0.3) is 0 Å². The number of hydrogen-bond acceptors (Lipinski definition) is 3. The van der Waals surface area contributed by atoms with E-state index in [0.717, 1.165) is 12.8 Å². The van der Waals surface area contributed by atoms with E-state index in [0.29, 0.717) is 24.5 Å². The molecule has 0 bridgehead atoms. The Labute approximate surface area is 114 Å². The molecule has 0 atom stereocenters. The summed E-state index contributed by atoms with van der Waals surface area (Å²) in [5.74, 6) is -0.415. The molecule has 0 amide bonds. The average molecular weight is 313 g/mol. The van der Waals surface area contributed by atoms with Crippen molar-refractivity contribution >= 4 is 21.6 Å². The summed E-state index contributed by atoms with van der Waals surface area (Å²) in [7, 11) is 0. The van der Waals surface area contributed by atoms with Gasteiger partial charge in [0.25, 0.3) is 0 Å². The van der Waals surface area contributed by atoms with Crippen molar-refractivity contribution in [2.45, 2.75) is 25.3 Å². The van der Waals surface area contributed by atoms with Crippen LogP contribution in [0.5, 0.6) is 0 Å². The average Bonchev–Trinajstić information content (AvgIpc) is 2.36. The molecule has 1 aromatic carbocycles. The van der Waals surface area contributed by atoms with E-state index in [-0.39, 0.29) is 10.0 Å². The number of nitrogens with zero attached hydrogens (tertiary/aromatic N) is 1. The number of hydrogen-bond donors (Lipinski definition) is 1. The van der Waals surface area contributed by atoms with Crippen molar-refractivity contribution < 1.29 is 9.13 Å². The SMILES string of the molecule is CC1(Nc2ccc(C#N)c(Br)c2F)CCOCC1. The first-order valence-corrected chi connectivity index (χ1v) is 6.59. The van der Waals surface area contributed by atoms with E-state index in [2.05, 4.69) is 28.2 Å². The molecule has 1 heterocycles. The van der Waals surface area contributed by atoms with Gasteiger partial charge in [0.05, 0.1) is 15.7 Å². The van der Waals surface area contributed by atoms with Crippen LogP contribution in [0.1, 0.15) is 25.3 Å². The number of benzene rings is 1. The van der Waals surface area contributed by atoms with Crippen LogP contribution < -0.4 is 5.32 Å². The molecule has 0 spiro atoms. The zero-order valence-corrected chi connectivity index (χ0v) is 11.7. The van der Waals surface area contributed by atoms with Gasteiger partial charge < -0.3 is 10.1 Å². The second kappa shape index (κ2) is 5.25. The number of rotatable bonds is 2. The van der Waals surface area contributed by atoms with Gasteiger partial charge in [-0.15, -0.1) is 0 Å². The molecular weight excluding hydrogens is 299 g/mol. The first-order valence-electron chi connectivity index (χ1n) is 5.80. The fourth-order valence-electron chi connectivity index (χ4n) is 2.00. The largest absolute Gasteiger partial charge is 0.381 e. The van der Waals surface area contributed by atoms with E-state index >= 15 is 0 Å². The van der Waals surface area contributed by atoms with Crippen molar-refractivity contribution in [1.29, 1.82) is 5.26 Å². The molecule has 1 N–H and O–H groups in total. The molecule has 18 heavy (non-hydrogen) atoms. The van der Waals surface area contributed by atoms with Crippen LogP contribution >= 0.6 is 15.9 Å². The highest BCUT2D eigenvalue weighted by Gasteiger charge is 2.28. The monoisotopic (exact) mass is 312 g/mol. The highest BCUT2D eigenvalue weighted by molar-refractivity contribution is 9.10. The maximum atomic E-state index is 14.1. The van der Waals surface area contributed by atoms with Gasteiger partial charge in [-0.3, -0.25) is 0 Å². The molecule has 5 heteroatoms. The van der Waals surface area contributed by atoms with Crippen LogP contribution in [0, 0.1) is 17.1 Å². The molecular formula is C13H14BrFN2O. The highest BCUT2D eigenvalue weighted by Crippen LogP contribution is 2.31. The van der Waals surface area contributed by atoms with Gasteiger partial charge in [-0.25, -0.2) is 4.39 Å². The zero-order valence-electron chi connectivity index (χ0n) is 10.1. The molecule has 1 aliphatic rings. The quantitative estimate of drug-likeness (QED) is 0.909. The van der Waals surface area contributed by atoms with Gasteiger partial charge in [0.2, 0.25) is 0 Å². The van der Waals surface area contributed by atoms with E-state index in [1.165, 1.54) is 0 Å². The Morgan fingerprint density at radius 3 is 2.72 bits per heavy atom. The summed E-state index contributed by atoms with van der Waals surface area (Å²) in [5.41, 5.74) is 0.563. The third kappa shape index (κ3) is 2.65. The second-order valence-electron chi connectivity index (χ2n) is 4.70. The van der Waals surface area contributed by atoms with Crippen LogP contribution in [-0.2, 0) is 4.74 Å². The maximum absolute atomic E-state index is 14.1. The lowest BCUT2D eigenvalue weighted by molar-refractivity contribution is 0.0657. The molecule has 2 rings (SSSR count). The van der Waals surface area contributed by atoms with Crippen LogP contribution in [0.2, 0.25) is 0 Å². The first kappa shape index (κ1) is 13.3. The Morgan fingerprint density at radius 2 is 2.11 bits per heavy atom. The molecule has 0 aliphatic carbocycles. The minimum atomic E-state index is -0.415. The molecule has 96 valence electrons. The lowest BCUT2D eigenvalue weighted by atomic mass is 9.92. The van der Waals surface area contributed by atoms with Gasteiger partial charge in [-0.2, -0.15) is 5.26 Å². The number of halogens is 2. The molecule has 3 nitrogen and oxygen atoms in total. The molecule has 1 fully saturated rings. The van der Waals surface area contributed by atoms with Crippen LogP contribution in [-0.4, -0.2) is 18.8 Å². The molecule has 0 saturated carbocycles. The van der Waals surface area contributed by atoms with Crippen molar-refractivity contribution in [3.05, 3.63) is 28.0 Å². The van der Waals surface area contributed by atoms with Crippen LogP contribution in [0.4, 0.5) is 10.1 Å². The van der Waals surface area contributed by atoms with Crippen molar-refractivity contribution in [2.75, 3.05) is 18.5 Å². The third-order valence-electron chi connectivity index (χ3n) is 3.24. The summed E-state index contributed by atoms with van der Waals surface area (Å²) in [4.78, 5) is 0. The fourth-order valence-corrected chi connectivity index (χ4v) is 2.44. The molecule has 1 aliphatic heterocycles. The Morgan fingerprint density at radius 1 is 1.44 bits per heavy atom.